The van der Waals surface area contributed by atoms with E-state index in [0.29, 0.717) is 6.54 Å². The number of hydrogen-bond donors (Lipinski definition) is 3. The van der Waals surface area contributed by atoms with E-state index in [0.717, 1.165) is 0 Å². The molecule has 110 valence electrons. The van der Waals surface area contributed by atoms with Gasteiger partial charge in [0.2, 0.25) is 5.91 Å². The normalized spacial score (nSPS) is 12.5. The number of carbonyl (C=O) groups excluding carboxylic acids is 2. The third-order valence-electron chi connectivity index (χ3n) is 2.69. The lowest BCUT2D eigenvalue weighted by Crippen LogP contribution is -2.53. The van der Waals surface area contributed by atoms with Crippen LogP contribution in [0.1, 0.15) is 27.7 Å². The zero-order valence-corrected chi connectivity index (χ0v) is 12.1. The van der Waals surface area contributed by atoms with Crippen LogP contribution in [0.3, 0.4) is 0 Å². The number of nitrogens with one attached hydrogen (secondary N) is 2. The second kappa shape index (κ2) is 6.96. The fraction of sp³-hybridized carbons (Fsp3) is 0.750. The van der Waals surface area contributed by atoms with E-state index in [-0.39, 0.29) is 12.5 Å². The number of carbonyl (C=O) groups is 3. The van der Waals surface area contributed by atoms with Crippen LogP contribution in [0, 0.1) is 5.41 Å². The second-order valence-electron chi connectivity index (χ2n) is 5.37. The summed E-state index contributed by atoms with van der Waals surface area (Å²) in [5.74, 6) is -1.35. The van der Waals surface area contributed by atoms with Crippen molar-refractivity contribution < 1.29 is 19.5 Å². The van der Waals surface area contributed by atoms with Crippen LogP contribution in [-0.2, 0) is 9.59 Å². The fourth-order valence-electron chi connectivity index (χ4n) is 1.30. The van der Waals surface area contributed by atoms with Crippen LogP contribution < -0.4 is 10.6 Å². The summed E-state index contributed by atoms with van der Waals surface area (Å²) in [7, 11) is 1.62. The molecule has 3 amide bonds. The molecule has 0 aliphatic heterocycles. The average molecular weight is 273 g/mol. The van der Waals surface area contributed by atoms with Gasteiger partial charge in [-0.15, -0.1) is 0 Å². The van der Waals surface area contributed by atoms with Crippen LogP contribution in [0.5, 0.6) is 0 Å². The molecule has 0 aliphatic carbocycles. The van der Waals surface area contributed by atoms with Crippen molar-refractivity contribution in [2.45, 2.75) is 33.7 Å². The third-order valence-corrected chi connectivity index (χ3v) is 2.69. The Bertz CT molecular complexity index is 349. The lowest BCUT2D eigenvalue weighted by atomic mass is 9.87. The largest absolute Gasteiger partial charge is 0.480 e. The molecule has 0 aromatic rings. The van der Waals surface area contributed by atoms with Gasteiger partial charge in [0.25, 0.3) is 0 Å². The van der Waals surface area contributed by atoms with Gasteiger partial charge in [-0.2, -0.15) is 0 Å². The van der Waals surface area contributed by atoms with Gasteiger partial charge in [0.05, 0.1) is 6.54 Å². The second-order valence-corrected chi connectivity index (χ2v) is 5.37. The molecule has 7 nitrogen and oxygen atoms in total. The summed E-state index contributed by atoms with van der Waals surface area (Å²) in [5, 5.41) is 13.7. The zero-order valence-electron chi connectivity index (χ0n) is 12.1. The molecule has 0 saturated carbocycles. The molecule has 0 radical (unpaired) electrons. The Morgan fingerprint density at radius 2 is 1.79 bits per heavy atom. The summed E-state index contributed by atoms with van der Waals surface area (Å²) in [6.45, 7) is 7.33. The van der Waals surface area contributed by atoms with Crippen LogP contribution in [0.2, 0.25) is 0 Å². The molecular weight excluding hydrogens is 250 g/mol. The van der Waals surface area contributed by atoms with Gasteiger partial charge in [0, 0.05) is 13.6 Å². The van der Waals surface area contributed by atoms with Gasteiger partial charge in [0.1, 0.15) is 6.04 Å². The lowest BCUT2D eigenvalue weighted by Gasteiger charge is -2.27. The van der Waals surface area contributed by atoms with Crippen LogP contribution in [0.15, 0.2) is 0 Å². The number of hydrogen-bond acceptors (Lipinski definition) is 3. The number of carboxylic acid groups (broad SMARTS) is 1. The Balaban J connectivity index is 4.38. The first-order chi connectivity index (χ1) is 8.59. The van der Waals surface area contributed by atoms with Crippen molar-refractivity contribution in [2.75, 3.05) is 20.1 Å². The van der Waals surface area contributed by atoms with Crippen molar-refractivity contribution in [3.63, 3.8) is 0 Å². The number of nitrogens with zero attached hydrogens (tertiary/aromatic N) is 1. The molecule has 0 fully saturated rings. The van der Waals surface area contributed by atoms with Gasteiger partial charge in [0.15, 0.2) is 0 Å². The molecule has 0 bridgehead atoms. The molecule has 0 saturated heterocycles. The van der Waals surface area contributed by atoms with Gasteiger partial charge in [-0.1, -0.05) is 20.8 Å². The quantitative estimate of drug-likeness (QED) is 0.669. The summed E-state index contributed by atoms with van der Waals surface area (Å²) >= 11 is 0. The van der Waals surface area contributed by atoms with Crippen molar-refractivity contribution in [1.29, 1.82) is 0 Å². The van der Waals surface area contributed by atoms with E-state index in [2.05, 4.69) is 10.6 Å². The van der Waals surface area contributed by atoms with Gasteiger partial charge >= 0.3 is 12.0 Å². The molecule has 0 spiro atoms. The Morgan fingerprint density at radius 1 is 1.26 bits per heavy atom. The Labute approximate surface area is 113 Å². The SMILES string of the molecule is CCN(C)C(=O)CNC(=O)N[C@H](C(=O)O)C(C)(C)C. The minimum Gasteiger partial charge on any atom is -0.480 e. The van der Waals surface area contributed by atoms with E-state index in [1.165, 1.54) is 4.90 Å². The first-order valence-electron chi connectivity index (χ1n) is 6.10. The molecule has 0 aromatic carbocycles. The fourth-order valence-corrected chi connectivity index (χ4v) is 1.30. The number of amides is 3. The predicted octanol–water partition coefficient (Wildman–Crippen LogP) is 0.263. The van der Waals surface area contributed by atoms with E-state index in [4.69, 9.17) is 5.11 Å². The van der Waals surface area contributed by atoms with E-state index in [1.807, 2.05) is 6.92 Å². The molecule has 7 heteroatoms. The number of carboxylic acids is 1. The minimum absolute atomic E-state index is 0.160. The Morgan fingerprint density at radius 3 is 2.16 bits per heavy atom. The lowest BCUT2D eigenvalue weighted by molar-refractivity contribution is -0.141. The number of urea groups is 1. The van der Waals surface area contributed by atoms with Crippen LogP contribution in [0.4, 0.5) is 4.79 Å². The van der Waals surface area contributed by atoms with E-state index >= 15 is 0 Å². The molecular formula is C12H23N3O4. The number of aliphatic carboxylic acids is 1. The average Bonchev–Trinajstić information content (AvgIpc) is 2.29. The van der Waals surface area contributed by atoms with Crippen molar-refractivity contribution in [2.24, 2.45) is 5.41 Å². The standard InChI is InChI=1S/C12H23N3O4/c1-6-15(5)8(16)7-13-11(19)14-9(10(17)18)12(2,3)4/h9H,6-7H2,1-5H3,(H,17,18)(H2,13,14,19)/t9-/m1/s1. The molecule has 1 atom stereocenters. The zero-order chi connectivity index (χ0) is 15.2. The van der Waals surface area contributed by atoms with Gasteiger partial charge in [-0.25, -0.2) is 9.59 Å². The maximum atomic E-state index is 11.6. The van der Waals surface area contributed by atoms with E-state index in [1.54, 1.807) is 27.8 Å². The van der Waals surface area contributed by atoms with Gasteiger partial charge in [-0.3, -0.25) is 4.79 Å². The summed E-state index contributed by atoms with van der Waals surface area (Å²) < 4.78 is 0. The summed E-state index contributed by atoms with van der Waals surface area (Å²) in [4.78, 5) is 35.5. The molecule has 19 heavy (non-hydrogen) atoms. The highest BCUT2D eigenvalue weighted by molar-refractivity contribution is 5.86. The third kappa shape index (κ3) is 6.08. The van der Waals surface area contributed by atoms with Crippen molar-refractivity contribution in [3.05, 3.63) is 0 Å². The molecule has 0 unspecified atom stereocenters. The van der Waals surface area contributed by atoms with Crippen LogP contribution in [-0.4, -0.2) is 54.1 Å². The Kier molecular flexibility index (Phi) is 6.31. The van der Waals surface area contributed by atoms with Crippen molar-refractivity contribution in [1.82, 2.24) is 15.5 Å². The van der Waals surface area contributed by atoms with E-state index < -0.39 is 23.5 Å². The highest BCUT2D eigenvalue weighted by atomic mass is 16.4. The van der Waals surface area contributed by atoms with Crippen molar-refractivity contribution >= 4 is 17.9 Å². The summed E-state index contributed by atoms with van der Waals surface area (Å²) in [6.07, 6.45) is 0. The molecule has 0 heterocycles. The smallest absolute Gasteiger partial charge is 0.326 e. The first-order valence-corrected chi connectivity index (χ1v) is 6.10. The summed E-state index contributed by atoms with van der Waals surface area (Å²) in [6, 6.07) is -1.69. The topological polar surface area (TPSA) is 98.7 Å². The summed E-state index contributed by atoms with van der Waals surface area (Å²) in [5.41, 5.74) is -0.618. The monoisotopic (exact) mass is 273 g/mol. The minimum atomic E-state index is -1.11. The first kappa shape index (κ1) is 17.2. The van der Waals surface area contributed by atoms with E-state index in [9.17, 15) is 14.4 Å². The molecule has 3 N–H and O–H groups in total. The predicted molar refractivity (Wildman–Crippen MR) is 70.7 cm³/mol. The Hall–Kier alpha value is -1.79. The highest BCUT2D eigenvalue weighted by Gasteiger charge is 2.32. The van der Waals surface area contributed by atoms with Gasteiger partial charge < -0.3 is 20.6 Å². The maximum absolute atomic E-state index is 11.6. The maximum Gasteiger partial charge on any atom is 0.326 e. The molecule has 0 aromatic heterocycles. The van der Waals surface area contributed by atoms with Crippen LogP contribution >= 0.6 is 0 Å². The van der Waals surface area contributed by atoms with Crippen LogP contribution in [0.25, 0.3) is 0 Å². The molecule has 0 aliphatic rings. The van der Waals surface area contributed by atoms with Gasteiger partial charge in [-0.05, 0) is 12.3 Å². The van der Waals surface area contributed by atoms with Crippen molar-refractivity contribution in [3.8, 4) is 0 Å². The highest BCUT2D eigenvalue weighted by Crippen LogP contribution is 2.19. The number of likely N-dealkylation sites (N-methyl/N-ethyl adjacent to an activating group) is 1. The molecule has 0 rings (SSSR count). The number of rotatable bonds is 5.